The Labute approximate surface area is 167 Å². The van der Waals surface area contributed by atoms with Crippen molar-refractivity contribution in [2.24, 2.45) is 13.0 Å². The summed E-state index contributed by atoms with van der Waals surface area (Å²) in [6, 6.07) is 9.64. The monoisotopic (exact) mass is 380 g/mol. The maximum absolute atomic E-state index is 2.55. The van der Waals surface area contributed by atoms with Gasteiger partial charge in [0.15, 0.2) is 6.20 Å². The molecule has 146 valence electrons. The summed E-state index contributed by atoms with van der Waals surface area (Å²) >= 11 is 0. The molecule has 0 amide bonds. The summed E-state index contributed by atoms with van der Waals surface area (Å²) in [5, 5.41) is 1.66. The Morgan fingerprint density at radius 2 is 1.74 bits per heavy atom. The zero-order chi connectivity index (χ0) is 19.8. The zero-order valence-corrected chi connectivity index (χ0v) is 19.5. The predicted molar refractivity (Wildman–Crippen MR) is 121 cm³/mol. The van der Waals surface area contributed by atoms with Crippen molar-refractivity contribution in [3.63, 3.8) is 0 Å². The second-order valence-corrected chi connectivity index (χ2v) is 15.2. The summed E-state index contributed by atoms with van der Waals surface area (Å²) in [6.07, 6.45) is 9.17. The quantitative estimate of drug-likeness (QED) is 0.450. The van der Waals surface area contributed by atoms with Gasteiger partial charge >= 0.3 is 0 Å². The highest BCUT2D eigenvalue weighted by Crippen LogP contribution is 2.35. The van der Waals surface area contributed by atoms with E-state index in [4.69, 9.17) is 0 Å². The van der Waals surface area contributed by atoms with Gasteiger partial charge in [-0.2, -0.15) is 0 Å². The molecule has 0 aliphatic heterocycles. The molecule has 1 nitrogen and oxygen atoms in total. The van der Waals surface area contributed by atoms with E-state index in [1.807, 2.05) is 0 Å². The largest absolute Gasteiger partial charge is 0.212 e. The van der Waals surface area contributed by atoms with Crippen LogP contribution in [0.25, 0.3) is 11.3 Å². The van der Waals surface area contributed by atoms with Gasteiger partial charge < -0.3 is 0 Å². The van der Waals surface area contributed by atoms with E-state index in [1.165, 1.54) is 48.1 Å². The molecule has 0 atom stereocenters. The van der Waals surface area contributed by atoms with Crippen molar-refractivity contribution in [1.82, 2.24) is 0 Å². The first-order valence-electron chi connectivity index (χ1n) is 10.8. The molecule has 1 saturated carbocycles. The maximum Gasteiger partial charge on any atom is 0.212 e. The lowest BCUT2D eigenvalue weighted by atomic mass is 9.93. The summed E-state index contributed by atoms with van der Waals surface area (Å²) in [7, 11) is 0.873. The standard InChI is InChI=1S/C25H38NSi/c1-18(2)14-20-12-13-22(19(3)15-20)24-16-23(21-10-8-9-11-21)25(17-26(24)4)27(5,6)7/h12-13,15-18,21H,8-11,14H2,1-7H3/q+1. The van der Waals surface area contributed by atoms with Crippen LogP contribution in [0.1, 0.15) is 62.1 Å². The molecule has 27 heavy (non-hydrogen) atoms. The Morgan fingerprint density at radius 1 is 1.07 bits per heavy atom. The molecule has 1 fully saturated rings. The molecule has 1 aliphatic rings. The molecule has 0 radical (unpaired) electrons. The first-order valence-corrected chi connectivity index (χ1v) is 14.3. The van der Waals surface area contributed by atoms with Crippen molar-refractivity contribution in [1.29, 1.82) is 0 Å². The average molecular weight is 381 g/mol. The lowest BCUT2D eigenvalue weighted by Crippen LogP contribution is -2.47. The average Bonchev–Trinajstić information content (AvgIpc) is 3.08. The highest BCUT2D eigenvalue weighted by atomic mass is 28.3. The smallest absolute Gasteiger partial charge is 0.201 e. The first kappa shape index (κ1) is 20.3. The van der Waals surface area contributed by atoms with Crippen LogP contribution in [0.15, 0.2) is 30.5 Å². The minimum Gasteiger partial charge on any atom is -0.201 e. The van der Waals surface area contributed by atoms with Gasteiger partial charge in [0.25, 0.3) is 0 Å². The summed E-state index contributed by atoms with van der Waals surface area (Å²) in [5.41, 5.74) is 7.30. The van der Waals surface area contributed by atoms with Crippen LogP contribution < -0.4 is 9.75 Å². The van der Waals surface area contributed by atoms with Gasteiger partial charge in [-0.25, -0.2) is 4.57 Å². The molecule has 1 aliphatic carbocycles. The molecule has 0 unspecified atom stereocenters. The fourth-order valence-electron chi connectivity index (χ4n) is 4.75. The third kappa shape index (κ3) is 4.54. The fourth-order valence-corrected chi connectivity index (χ4v) is 6.47. The Hall–Kier alpha value is -1.41. The maximum atomic E-state index is 2.55. The SMILES string of the molecule is Cc1cc(CC(C)C)ccc1-c1cc(C2CCCC2)c([Si](C)(C)C)c[n+]1C. The summed E-state index contributed by atoms with van der Waals surface area (Å²) in [4.78, 5) is 0. The number of aromatic nitrogens is 1. The fraction of sp³-hybridized carbons (Fsp3) is 0.560. The number of hydrogen-bond acceptors (Lipinski definition) is 0. The lowest BCUT2D eigenvalue weighted by Gasteiger charge is -2.23. The minimum atomic E-state index is -1.36. The molecule has 2 aromatic rings. The molecule has 1 aromatic heterocycles. The summed E-state index contributed by atoms with van der Waals surface area (Å²) in [6.45, 7) is 14.4. The molecule has 3 rings (SSSR count). The molecular weight excluding hydrogens is 342 g/mol. The third-order valence-electron chi connectivity index (χ3n) is 6.12. The Kier molecular flexibility index (Phi) is 5.95. The van der Waals surface area contributed by atoms with E-state index >= 15 is 0 Å². The van der Waals surface area contributed by atoms with Crippen LogP contribution in [0, 0.1) is 12.8 Å². The number of aryl methyl sites for hydroxylation is 2. The zero-order valence-electron chi connectivity index (χ0n) is 18.5. The summed E-state index contributed by atoms with van der Waals surface area (Å²) < 4.78 is 2.39. The molecule has 1 aromatic carbocycles. The highest BCUT2D eigenvalue weighted by molar-refractivity contribution is 6.89. The van der Waals surface area contributed by atoms with Gasteiger partial charge in [0, 0.05) is 16.8 Å². The molecule has 0 saturated heterocycles. The topological polar surface area (TPSA) is 3.88 Å². The number of nitrogens with zero attached hydrogens (tertiary/aromatic N) is 1. The van der Waals surface area contributed by atoms with E-state index in [1.54, 1.807) is 10.8 Å². The molecule has 0 bridgehead atoms. The van der Waals surface area contributed by atoms with Gasteiger partial charge in [0.1, 0.15) is 7.05 Å². The van der Waals surface area contributed by atoms with E-state index < -0.39 is 8.07 Å². The van der Waals surface area contributed by atoms with Gasteiger partial charge in [0.05, 0.1) is 8.07 Å². The van der Waals surface area contributed by atoms with E-state index in [0.29, 0.717) is 5.92 Å². The highest BCUT2D eigenvalue weighted by Gasteiger charge is 2.30. The first-order chi connectivity index (χ1) is 12.7. The molecule has 2 heteroatoms. The van der Waals surface area contributed by atoms with Crippen LogP contribution >= 0.6 is 0 Å². The van der Waals surface area contributed by atoms with Gasteiger partial charge in [-0.1, -0.05) is 58.5 Å². The number of benzene rings is 1. The van der Waals surface area contributed by atoms with E-state index in [-0.39, 0.29) is 0 Å². The molecule has 0 N–H and O–H groups in total. The lowest BCUT2D eigenvalue weighted by molar-refractivity contribution is -0.659. The van der Waals surface area contributed by atoms with Crippen molar-refractivity contribution in [3.8, 4) is 11.3 Å². The molecule has 0 spiro atoms. The van der Waals surface area contributed by atoms with Crippen molar-refractivity contribution in [2.75, 3.05) is 0 Å². The van der Waals surface area contributed by atoms with Crippen LogP contribution in [-0.2, 0) is 13.5 Å². The van der Waals surface area contributed by atoms with Crippen LogP contribution in [0.5, 0.6) is 0 Å². The number of hydrogen-bond donors (Lipinski definition) is 0. The Balaban J connectivity index is 2.09. The van der Waals surface area contributed by atoms with E-state index in [0.717, 1.165) is 12.3 Å². The van der Waals surface area contributed by atoms with E-state index in [2.05, 4.69) is 82.5 Å². The number of pyridine rings is 1. The van der Waals surface area contributed by atoms with Crippen molar-refractivity contribution >= 4 is 13.3 Å². The Bertz CT molecular complexity index is 808. The predicted octanol–water partition coefficient (Wildman–Crippen LogP) is 5.89. The van der Waals surface area contributed by atoms with E-state index in [9.17, 15) is 0 Å². The van der Waals surface area contributed by atoms with Crippen molar-refractivity contribution in [3.05, 3.63) is 47.2 Å². The minimum absolute atomic E-state index is 0.705. The second kappa shape index (κ2) is 7.91. The number of rotatable bonds is 5. The second-order valence-electron chi connectivity index (χ2n) is 10.1. The summed E-state index contributed by atoms with van der Waals surface area (Å²) in [5.74, 6) is 1.48. The Morgan fingerprint density at radius 3 is 2.30 bits per heavy atom. The van der Waals surface area contributed by atoms with Crippen molar-refractivity contribution < 1.29 is 4.57 Å². The van der Waals surface area contributed by atoms with Crippen LogP contribution in [0.2, 0.25) is 19.6 Å². The van der Waals surface area contributed by atoms with Gasteiger partial charge in [-0.3, -0.25) is 0 Å². The van der Waals surface area contributed by atoms with Crippen LogP contribution in [-0.4, -0.2) is 8.07 Å². The van der Waals surface area contributed by atoms with Gasteiger partial charge in [-0.05, 0) is 60.8 Å². The van der Waals surface area contributed by atoms with Crippen molar-refractivity contribution in [2.45, 2.75) is 78.4 Å². The third-order valence-corrected chi connectivity index (χ3v) is 8.15. The van der Waals surface area contributed by atoms with Crippen LogP contribution in [0.4, 0.5) is 0 Å². The molecule has 1 heterocycles. The van der Waals surface area contributed by atoms with Gasteiger partial charge in [0.2, 0.25) is 5.69 Å². The van der Waals surface area contributed by atoms with Crippen LogP contribution in [0.3, 0.4) is 0 Å². The normalized spacial score (nSPS) is 15.7. The van der Waals surface area contributed by atoms with Gasteiger partial charge in [-0.15, -0.1) is 0 Å². The molecular formula is C25H38NSi+.